The molecule has 0 aromatic carbocycles. The van der Waals surface area contributed by atoms with E-state index in [4.69, 9.17) is 9.47 Å². The molecule has 1 atom stereocenters. The molecule has 1 amide bonds. The molecule has 128 valence electrons. The standard InChI is InChI=1S/C17H27N3O3/c1-14-15(6-5-7-18-14)11-20-8-9-23-17(12-20,13-22-4)10-16(21)19(2)3/h5-7H,8-13H2,1-4H3/t17-/m1/s1. The number of methoxy groups -OCH3 is 1. The molecule has 1 aliphatic heterocycles. The number of amides is 1. The van der Waals surface area contributed by atoms with E-state index in [-0.39, 0.29) is 5.91 Å². The molecule has 1 aromatic rings. The average molecular weight is 321 g/mol. The fourth-order valence-corrected chi connectivity index (χ4v) is 2.93. The van der Waals surface area contributed by atoms with Crippen LogP contribution >= 0.6 is 0 Å². The first-order chi connectivity index (χ1) is 11.0. The topological polar surface area (TPSA) is 54.9 Å². The minimum Gasteiger partial charge on any atom is -0.382 e. The molecule has 0 N–H and O–H groups in total. The van der Waals surface area contributed by atoms with Gasteiger partial charge in [0.05, 0.1) is 19.6 Å². The molecule has 0 spiro atoms. The van der Waals surface area contributed by atoms with Crippen LogP contribution < -0.4 is 0 Å². The zero-order chi connectivity index (χ0) is 16.9. The van der Waals surface area contributed by atoms with Gasteiger partial charge in [-0.1, -0.05) is 6.07 Å². The van der Waals surface area contributed by atoms with Crippen molar-refractivity contribution in [3.63, 3.8) is 0 Å². The number of nitrogens with zero attached hydrogens (tertiary/aromatic N) is 3. The molecule has 2 rings (SSSR count). The van der Waals surface area contributed by atoms with Crippen molar-refractivity contribution in [2.75, 3.05) is 47.5 Å². The first kappa shape index (κ1) is 17.8. The molecule has 1 aliphatic rings. The largest absolute Gasteiger partial charge is 0.382 e. The highest BCUT2D eigenvalue weighted by molar-refractivity contribution is 5.76. The molecular weight excluding hydrogens is 294 g/mol. The monoisotopic (exact) mass is 321 g/mol. The van der Waals surface area contributed by atoms with Crippen molar-refractivity contribution in [1.82, 2.24) is 14.8 Å². The summed E-state index contributed by atoms with van der Waals surface area (Å²) in [7, 11) is 5.18. The number of hydrogen-bond acceptors (Lipinski definition) is 5. The minimum atomic E-state index is -0.579. The SMILES string of the molecule is COC[C@@]1(CC(=O)N(C)C)CN(Cc2cccnc2C)CCO1. The molecule has 0 radical (unpaired) electrons. The Kier molecular flexibility index (Phi) is 6.10. The zero-order valence-electron chi connectivity index (χ0n) is 14.5. The number of aryl methyl sites for hydroxylation is 1. The predicted octanol–water partition coefficient (Wildman–Crippen LogP) is 1.09. The van der Waals surface area contributed by atoms with Crippen molar-refractivity contribution in [3.05, 3.63) is 29.6 Å². The Morgan fingerprint density at radius 2 is 2.30 bits per heavy atom. The van der Waals surface area contributed by atoms with Crippen LogP contribution in [0.25, 0.3) is 0 Å². The van der Waals surface area contributed by atoms with Crippen LogP contribution in [0.2, 0.25) is 0 Å². The van der Waals surface area contributed by atoms with Crippen molar-refractivity contribution >= 4 is 5.91 Å². The van der Waals surface area contributed by atoms with Gasteiger partial charge in [-0.05, 0) is 18.6 Å². The smallest absolute Gasteiger partial charge is 0.225 e. The maximum absolute atomic E-state index is 12.2. The summed E-state index contributed by atoms with van der Waals surface area (Å²) in [6, 6.07) is 4.06. The summed E-state index contributed by atoms with van der Waals surface area (Å²) in [5.74, 6) is 0.0569. The highest BCUT2D eigenvalue weighted by Crippen LogP contribution is 2.25. The average Bonchev–Trinajstić information content (AvgIpc) is 2.50. The van der Waals surface area contributed by atoms with Gasteiger partial charge in [0.1, 0.15) is 5.60 Å². The van der Waals surface area contributed by atoms with Crippen LogP contribution in [0.15, 0.2) is 18.3 Å². The Morgan fingerprint density at radius 1 is 1.52 bits per heavy atom. The van der Waals surface area contributed by atoms with Crippen LogP contribution in [0.3, 0.4) is 0 Å². The zero-order valence-corrected chi connectivity index (χ0v) is 14.5. The van der Waals surface area contributed by atoms with E-state index in [1.807, 2.05) is 19.2 Å². The molecule has 6 heteroatoms. The van der Waals surface area contributed by atoms with Crippen LogP contribution in [0, 0.1) is 6.92 Å². The highest BCUT2D eigenvalue weighted by atomic mass is 16.5. The molecule has 23 heavy (non-hydrogen) atoms. The molecular formula is C17H27N3O3. The number of rotatable bonds is 6. The van der Waals surface area contributed by atoms with Crippen molar-refractivity contribution in [3.8, 4) is 0 Å². The van der Waals surface area contributed by atoms with E-state index in [1.165, 1.54) is 5.56 Å². The lowest BCUT2D eigenvalue weighted by molar-refractivity contribution is -0.160. The van der Waals surface area contributed by atoms with E-state index >= 15 is 0 Å². The summed E-state index contributed by atoms with van der Waals surface area (Å²) in [6.45, 7) is 5.36. The molecule has 1 aromatic heterocycles. The number of morpholine rings is 1. The van der Waals surface area contributed by atoms with E-state index < -0.39 is 5.60 Å². The fourth-order valence-electron chi connectivity index (χ4n) is 2.93. The Labute approximate surface area is 138 Å². The van der Waals surface area contributed by atoms with E-state index in [9.17, 15) is 4.79 Å². The molecule has 0 saturated carbocycles. The van der Waals surface area contributed by atoms with Gasteiger partial charge in [-0.25, -0.2) is 0 Å². The predicted molar refractivity (Wildman–Crippen MR) is 88.1 cm³/mol. The third-order valence-corrected chi connectivity index (χ3v) is 4.22. The Morgan fingerprint density at radius 3 is 2.96 bits per heavy atom. The number of pyridine rings is 1. The summed E-state index contributed by atoms with van der Waals surface area (Å²) in [6.07, 6.45) is 2.14. The van der Waals surface area contributed by atoms with Gasteiger partial charge in [0.2, 0.25) is 5.91 Å². The number of ether oxygens (including phenoxy) is 2. The summed E-state index contributed by atoms with van der Waals surface area (Å²) in [5.41, 5.74) is 1.67. The maximum atomic E-state index is 12.2. The van der Waals surface area contributed by atoms with Gasteiger partial charge in [-0.15, -0.1) is 0 Å². The van der Waals surface area contributed by atoms with Gasteiger partial charge >= 0.3 is 0 Å². The lowest BCUT2D eigenvalue weighted by Gasteiger charge is -2.42. The second-order valence-electron chi connectivity index (χ2n) is 6.39. The van der Waals surface area contributed by atoms with E-state index in [1.54, 1.807) is 26.1 Å². The van der Waals surface area contributed by atoms with Crippen LogP contribution in [-0.4, -0.2) is 73.8 Å². The van der Waals surface area contributed by atoms with Crippen LogP contribution in [0.1, 0.15) is 17.7 Å². The van der Waals surface area contributed by atoms with Gasteiger partial charge in [-0.2, -0.15) is 0 Å². The van der Waals surface area contributed by atoms with Gasteiger partial charge < -0.3 is 14.4 Å². The maximum Gasteiger partial charge on any atom is 0.225 e. The Hall–Kier alpha value is -1.50. The number of carbonyl (C=O) groups excluding carboxylic acids is 1. The molecule has 0 bridgehead atoms. The summed E-state index contributed by atoms with van der Waals surface area (Å²) in [4.78, 5) is 20.4. The lowest BCUT2D eigenvalue weighted by Crippen LogP contribution is -2.55. The first-order valence-electron chi connectivity index (χ1n) is 7.92. The summed E-state index contributed by atoms with van der Waals surface area (Å²) >= 11 is 0. The third-order valence-electron chi connectivity index (χ3n) is 4.22. The second-order valence-corrected chi connectivity index (χ2v) is 6.39. The Balaban J connectivity index is 2.09. The minimum absolute atomic E-state index is 0.0569. The first-order valence-corrected chi connectivity index (χ1v) is 7.92. The van der Waals surface area contributed by atoms with E-state index in [2.05, 4.69) is 16.0 Å². The normalized spacial score (nSPS) is 22.1. The van der Waals surface area contributed by atoms with Crippen molar-refractivity contribution in [2.24, 2.45) is 0 Å². The van der Waals surface area contributed by atoms with Gasteiger partial charge in [0, 0.05) is 52.7 Å². The third kappa shape index (κ3) is 4.73. The van der Waals surface area contributed by atoms with Crippen LogP contribution in [-0.2, 0) is 20.8 Å². The highest BCUT2D eigenvalue weighted by Gasteiger charge is 2.39. The number of hydrogen-bond donors (Lipinski definition) is 0. The van der Waals surface area contributed by atoms with Crippen molar-refractivity contribution in [2.45, 2.75) is 25.5 Å². The molecule has 2 heterocycles. The lowest BCUT2D eigenvalue weighted by atomic mass is 9.96. The Bertz CT molecular complexity index is 532. The molecule has 6 nitrogen and oxygen atoms in total. The van der Waals surface area contributed by atoms with Crippen LogP contribution in [0.5, 0.6) is 0 Å². The summed E-state index contributed by atoms with van der Waals surface area (Å²) in [5, 5.41) is 0. The second kappa shape index (κ2) is 7.86. The molecule has 1 fully saturated rings. The van der Waals surface area contributed by atoms with Crippen molar-refractivity contribution < 1.29 is 14.3 Å². The van der Waals surface area contributed by atoms with Gasteiger partial charge in [0.15, 0.2) is 0 Å². The van der Waals surface area contributed by atoms with Gasteiger partial charge in [0.25, 0.3) is 0 Å². The van der Waals surface area contributed by atoms with Crippen LogP contribution in [0.4, 0.5) is 0 Å². The quantitative estimate of drug-likeness (QED) is 0.785. The van der Waals surface area contributed by atoms with Crippen molar-refractivity contribution in [1.29, 1.82) is 0 Å². The van der Waals surface area contributed by atoms with E-state index in [0.29, 0.717) is 26.2 Å². The fraction of sp³-hybridized carbons (Fsp3) is 0.647. The number of aromatic nitrogens is 1. The van der Waals surface area contributed by atoms with Gasteiger partial charge in [-0.3, -0.25) is 14.7 Å². The van der Waals surface area contributed by atoms with E-state index in [0.717, 1.165) is 18.8 Å². The molecule has 0 aliphatic carbocycles. The number of carbonyl (C=O) groups is 1. The molecule has 1 saturated heterocycles. The summed E-state index contributed by atoms with van der Waals surface area (Å²) < 4.78 is 11.3. The molecule has 0 unspecified atom stereocenters.